The van der Waals surface area contributed by atoms with Crippen LogP contribution in [-0.4, -0.2) is 67.0 Å². The maximum absolute atomic E-state index is 5.63. The van der Waals surface area contributed by atoms with Crippen molar-refractivity contribution in [1.29, 1.82) is 0 Å². The molecule has 3 heterocycles. The van der Waals surface area contributed by atoms with Crippen LogP contribution in [-0.2, 0) is 0 Å². The van der Waals surface area contributed by atoms with Crippen LogP contribution < -0.4 is 14.8 Å². The molecule has 0 saturated carbocycles. The number of nitrogens with one attached hydrogen (secondary N) is 1. The lowest BCUT2D eigenvalue weighted by molar-refractivity contribution is 0.226. The number of pyridine rings is 1. The quantitative estimate of drug-likeness (QED) is 0.392. The Morgan fingerprint density at radius 3 is 2.33 bits per heavy atom. The van der Waals surface area contributed by atoms with Crippen LogP contribution in [0.15, 0.2) is 23.5 Å². The van der Waals surface area contributed by atoms with Crippen molar-refractivity contribution < 1.29 is 9.47 Å². The van der Waals surface area contributed by atoms with Crippen LogP contribution in [0.4, 0.5) is 5.82 Å². The second kappa shape index (κ2) is 10.1. The van der Waals surface area contributed by atoms with E-state index in [0.29, 0.717) is 5.92 Å². The Labute approximate surface area is 200 Å². The van der Waals surface area contributed by atoms with E-state index in [2.05, 4.69) is 42.2 Å². The van der Waals surface area contributed by atoms with Crippen molar-refractivity contribution in [3.63, 3.8) is 0 Å². The third-order valence-corrected chi connectivity index (χ3v) is 7.13. The second-order valence-corrected chi connectivity index (χ2v) is 9.46. The van der Waals surface area contributed by atoms with E-state index in [4.69, 9.17) is 19.4 Å². The number of ether oxygens (including phenoxy) is 2. The van der Waals surface area contributed by atoms with Crippen molar-refractivity contribution >= 4 is 28.5 Å². The van der Waals surface area contributed by atoms with Gasteiger partial charge in [-0.05, 0) is 65.1 Å². The van der Waals surface area contributed by atoms with Crippen molar-refractivity contribution in [2.45, 2.75) is 31.8 Å². The topological polar surface area (TPSA) is 72.4 Å². The fourth-order valence-corrected chi connectivity index (χ4v) is 4.89. The smallest absolute Gasteiger partial charge is 0.187 e. The summed E-state index contributed by atoms with van der Waals surface area (Å²) in [6.45, 7) is 7.29. The van der Waals surface area contributed by atoms with Crippen molar-refractivity contribution in [1.82, 2.24) is 19.9 Å². The summed E-state index contributed by atoms with van der Waals surface area (Å²) >= 11 is 1.54. The van der Waals surface area contributed by atoms with Gasteiger partial charge in [-0.25, -0.2) is 15.0 Å². The fraction of sp³-hybridized carbons (Fsp3) is 0.480. The number of hydrogen-bond acceptors (Lipinski definition) is 8. The number of benzene rings is 1. The zero-order valence-corrected chi connectivity index (χ0v) is 21.2. The zero-order valence-electron chi connectivity index (χ0n) is 20.4. The van der Waals surface area contributed by atoms with Crippen LogP contribution in [0.25, 0.3) is 22.2 Å². The standard InChI is InChI=1S/C25H33N5O2S/c1-15-20(31-4)12-21(32-5)16(2)22(15)19-11-18-14-27-25(33-6)29-23(18)24(28-19)26-13-17-7-9-30(3)10-8-17/h11-12,14,17H,7-10,13H2,1-6H3,(H,26,28). The maximum atomic E-state index is 5.63. The molecule has 7 nitrogen and oxygen atoms in total. The molecule has 0 unspecified atom stereocenters. The molecule has 1 aliphatic heterocycles. The molecule has 1 N–H and O–H groups in total. The predicted molar refractivity (Wildman–Crippen MR) is 136 cm³/mol. The first-order valence-corrected chi connectivity index (χ1v) is 12.5. The van der Waals surface area contributed by atoms with Gasteiger partial charge in [0.1, 0.15) is 17.0 Å². The Kier molecular flexibility index (Phi) is 7.24. The average molecular weight is 468 g/mol. The normalized spacial score (nSPS) is 15.1. The van der Waals surface area contributed by atoms with E-state index in [1.807, 2.05) is 18.5 Å². The number of hydrogen-bond donors (Lipinski definition) is 1. The monoisotopic (exact) mass is 467 g/mol. The third kappa shape index (κ3) is 4.87. The summed E-state index contributed by atoms with van der Waals surface area (Å²) in [4.78, 5) is 16.8. The maximum Gasteiger partial charge on any atom is 0.187 e. The van der Waals surface area contributed by atoms with E-state index in [1.165, 1.54) is 24.6 Å². The number of methoxy groups -OCH3 is 2. The number of anilines is 1. The summed E-state index contributed by atoms with van der Waals surface area (Å²) in [5.41, 5.74) is 4.80. The number of likely N-dealkylation sites (tertiary alicyclic amines) is 1. The first kappa shape index (κ1) is 23.6. The number of fused-ring (bicyclic) bond motifs is 1. The molecule has 33 heavy (non-hydrogen) atoms. The van der Waals surface area contributed by atoms with Crippen LogP contribution in [0.3, 0.4) is 0 Å². The van der Waals surface area contributed by atoms with E-state index < -0.39 is 0 Å². The molecule has 3 aromatic rings. The van der Waals surface area contributed by atoms with E-state index in [0.717, 1.165) is 75.4 Å². The summed E-state index contributed by atoms with van der Waals surface area (Å²) in [6, 6.07) is 4.00. The SMILES string of the molecule is COc1cc(OC)c(C)c(-c2cc3cnc(SC)nc3c(NCC3CCN(C)CC3)n2)c1C. The highest BCUT2D eigenvalue weighted by Crippen LogP contribution is 2.40. The van der Waals surface area contributed by atoms with Gasteiger partial charge >= 0.3 is 0 Å². The zero-order chi connectivity index (χ0) is 23.5. The van der Waals surface area contributed by atoms with Crippen LogP contribution in [0.1, 0.15) is 24.0 Å². The van der Waals surface area contributed by atoms with E-state index in [9.17, 15) is 0 Å². The highest BCUT2D eigenvalue weighted by molar-refractivity contribution is 7.98. The van der Waals surface area contributed by atoms with Gasteiger partial charge in [-0.2, -0.15) is 0 Å². The Morgan fingerprint density at radius 1 is 1.06 bits per heavy atom. The lowest BCUT2D eigenvalue weighted by Gasteiger charge is -2.29. The molecule has 1 saturated heterocycles. The fourth-order valence-electron chi connectivity index (χ4n) is 4.55. The molecule has 0 atom stereocenters. The summed E-state index contributed by atoms with van der Waals surface area (Å²) in [6.07, 6.45) is 6.26. The molecule has 1 aromatic carbocycles. The number of nitrogens with zero attached hydrogens (tertiary/aromatic N) is 4. The number of aromatic nitrogens is 3. The summed E-state index contributed by atoms with van der Waals surface area (Å²) in [7, 11) is 5.55. The molecule has 176 valence electrons. The van der Waals surface area contributed by atoms with E-state index in [-0.39, 0.29) is 0 Å². The first-order valence-electron chi connectivity index (χ1n) is 11.3. The van der Waals surface area contributed by atoms with Crippen molar-refractivity contribution in [2.24, 2.45) is 5.92 Å². The van der Waals surface area contributed by atoms with Crippen molar-refractivity contribution in [3.05, 3.63) is 29.5 Å². The lowest BCUT2D eigenvalue weighted by atomic mass is 9.96. The molecule has 0 spiro atoms. The average Bonchev–Trinajstić information content (AvgIpc) is 2.83. The van der Waals surface area contributed by atoms with Crippen LogP contribution in [0.2, 0.25) is 0 Å². The number of rotatable bonds is 7. The van der Waals surface area contributed by atoms with E-state index >= 15 is 0 Å². The molecule has 4 rings (SSSR count). The van der Waals surface area contributed by atoms with Gasteiger partial charge in [0.2, 0.25) is 0 Å². The first-order chi connectivity index (χ1) is 15.9. The minimum atomic E-state index is 0.629. The highest BCUT2D eigenvalue weighted by Gasteiger charge is 2.21. The number of piperidine rings is 1. The molecule has 0 bridgehead atoms. The lowest BCUT2D eigenvalue weighted by Crippen LogP contribution is -2.33. The molecule has 1 aliphatic rings. The van der Waals surface area contributed by atoms with Gasteiger partial charge in [-0.3, -0.25) is 0 Å². The minimum Gasteiger partial charge on any atom is -0.496 e. The molecule has 2 aromatic heterocycles. The Bertz CT molecular complexity index is 1120. The largest absolute Gasteiger partial charge is 0.496 e. The van der Waals surface area contributed by atoms with E-state index in [1.54, 1.807) is 14.2 Å². The van der Waals surface area contributed by atoms with Gasteiger partial charge in [0, 0.05) is 40.9 Å². The third-order valence-electron chi connectivity index (χ3n) is 6.57. The van der Waals surface area contributed by atoms with Gasteiger partial charge in [0.05, 0.1) is 19.9 Å². The van der Waals surface area contributed by atoms with Crippen LogP contribution in [0.5, 0.6) is 11.5 Å². The minimum absolute atomic E-state index is 0.629. The second-order valence-electron chi connectivity index (χ2n) is 8.68. The van der Waals surface area contributed by atoms with Gasteiger partial charge in [-0.15, -0.1) is 0 Å². The van der Waals surface area contributed by atoms with Crippen LogP contribution >= 0.6 is 11.8 Å². The molecule has 0 aliphatic carbocycles. The molecule has 1 fully saturated rings. The summed E-state index contributed by atoms with van der Waals surface area (Å²) in [5.74, 6) is 3.00. The molecular formula is C25H33N5O2S. The molecule has 0 radical (unpaired) electrons. The molecule has 8 heteroatoms. The predicted octanol–water partition coefficient (Wildman–Crippen LogP) is 4.80. The summed E-state index contributed by atoms with van der Waals surface area (Å²) < 4.78 is 11.3. The summed E-state index contributed by atoms with van der Waals surface area (Å²) in [5, 5.41) is 5.35. The van der Waals surface area contributed by atoms with Crippen LogP contribution in [0, 0.1) is 19.8 Å². The van der Waals surface area contributed by atoms with Gasteiger partial charge in [0.15, 0.2) is 11.0 Å². The Hall–Kier alpha value is -2.58. The van der Waals surface area contributed by atoms with Gasteiger partial charge in [0.25, 0.3) is 0 Å². The molecular weight excluding hydrogens is 434 g/mol. The molecule has 0 amide bonds. The number of thioether (sulfide) groups is 1. The van der Waals surface area contributed by atoms with Gasteiger partial charge in [-0.1, -0.05) is 11.8 Å². The van der Waals surface area contributed by atoms with Crippen molar-refractivity contribution in [3.8, 4) is 22.8 Å². The van der Waals surface area contributed by atoms with Crippen molar-refractivity contribution in [2.75, 3.05) is 52.5 Å². The Morgan fingerprint density at radius 2 is 1.73 bits per heavy atom. The van der Waals surface area contributed by atoms with Gasteiger partial charge < -0.3 is 19.7 Å². The Balaban J connectivity index is 1.81. The highest BCUT2D eigenvalue weighted by atomic mass is 32.2.